The molecule has 0 bridgehead atoms. The highest BCUT2D eigenvalue weighted by Crippen LogP contribution is 2.09. The van der Waals surface area contributed by atoms with Crippen LogP contribution in [0.4, 0.5) is 0 Å². The summed E-state index contributed by atoms with van der Waals surface area (Å²) >= 11 is 0. The minimum Gasteiger partial charge on any atom is -0.273 e. The monoisotopic (exact) mass is 406 g/mol. The van der Waals surface area contributed by atoms with Gasteiger partial charge in [-0.2, -0.15) is 10.2 Å². The summed E-state index contributed by atoms with van der Waals surface area (Å²) in [6, 6.07) is 12.2. The van der Waals surface area contributed by atoms with E-state index in [1.165, 1.54) is 0 Å². The van der Waals surface area contributed by atoms with Crippen molar-refractivity contribution >= 4 is 24.2 Å². The van der Waals surface area contributed by atoms with E-state index in [0.717, 1.165) is 33.4 Å². The molecule has 6 heteroatoms. The molecule has 0 fully saturated rings. The molecule has 30 heavy (non-hydrogen) atoms. The largest absolute Gasteiger partial charge is 0.273 e. The van der Waals surface area contributed by atoms with Gasteiger partial charge in [0.05, 0.1) is 12.4 Å². The van der Waals surface area contributed by atoms with E-state index in [1.807, 2.05) is 64.1 Å². The quantitative estimate of drug-likeness (QED) is 0.374. The third-order valence-electron chi connectivity index (χ3n) is 4.71. The Hall–Kier alpha value is -3.28. The van der Waals surface area contributed by atoms with Crippen molar-refractivity contribution in [2.45, 2.75) is 53.4 Å². The van der Waals surface area contributed by atoms with E-state index in [2.05, 4.69) is 21.1 Å². The minimum absolute atomic E-state index is 0.162. The smallest absolute Gasteiger partial charge is 0.240 e. The van der Waals surface area contributed by atoms with Crippen molar-refractivity contribution < 1.29 is 9.59 Å². The van der Waals surface area contributed by atoms with Gasteiger partial charge in [-0.25, -0.2) is 10.9 Å². The van der Waals surface area contributed by atoms with E-state index in [-0.39, 0.29) is 11.8 Å². The van der Waals surface area contributed by atoms with Gasteiger partial charge < -0.3 is 0 Å². The summed E-state index contributed by atoms with van der Waals surface area (Å²) in [5.41, 5.74) is 11.5. The maximum Gasteiger partial charge on any atom is 0.240 e. The molecular formula is C24H30N4O2. The van der Waals surface area contributed by atoms with Crippen LogP contribution in [-0.2, 0) is 9.59 Å². The van der Waals surface area contributed by atoms with Gasteiger partial charge in [-0.05, 0) is 62.8 Å². The van der Waals surface area contributed by atoms with Gasteiger partial charge in [-0.15, -0.1) is 0 Å². The van der Waals surface area contributed by atoms with Crippen LogP contribution in [0, 0.1) is 27.7 Å². The molecule has 2 rings (SSSR count). The zero-order valence-corrected chi connectivity index (χ0v) is 18.2. The number of benzene rings is 2. The summed E-state index contributed by atoms with van der Waals surface area (Å²) in [4.78, 5) is 23.7. The van der Waals surface area contributed by atoms with E-state index in [4.69, 9.17) is 0 Å². The van der Waals surface area contributed by atoms with Gasteiger partial charge in [0.15, 0.2) is 0 Å². The highest BCUT2D eigenvalue weighted by Gasteiger charge is 2.03. The van der Waals surface area contributed by atoms with E-state index >= 15 is 0 Å². The molecule has 2 N–H and O–H groups in total. The first-order chi connectivity index (χ1) is 14.3. The number of aryl methyl sites for hydroxylation is 4. The van der Waals surface area contributed by atoms with Gasteiger partial charge in [0.25, 0.3) is 0 Å². The number of nitrogens with zero attached hydrogens (tertiary/aromatic N) is 2. The zero-order valence-electron chi connectivity index (χ0n) is 18.2. The number of unbranched alkanes of at least 4 members (excludes halogenated alkanes) is 1. The van der Waals surface area contributed by atoms with E-state index in [0.29, 0.717) is 25.7 Å². The molecule has 6 nitrogen and oxygen atoms in total. The fourth-order valence-electron chi connectivity index (χ4n) is 2.83. The van der Waals surface area contributed by atoms with Crippen molar-refractivity contribution in [2.24, 2.45) is 10.2 Å². The highest BCUT2D eigenvalue weighted by molar-refractivity contribution is 5.85. The van der Waals surface area contributed by atoms with Crippen LogP contribution >= 0.6 is 0 Å². The van der Waals surface area contributed by atoms with Crippen molar-refractivity contribution in [3.8, 4) is 0 Å². The number of hydrazone groups is 2. The lowest BCUT2D eigenvalue weighted by Gasteiger charge is -2.03. The Bertz CT molecular complexity index is 871. The summed E-state index contributed by atoms with van der Waals surface area (Å²) < 4.78 is 0. The molecule has 0 unspecified atom stereocenters. The first-order valence-corrected chi connectivity index (χ1v) is 10.1. The molecule has 2 aromatic rings. The van der Waals surface area contributed by atoms with Gasteiger partial charge in [0.2, 0.25) is 11.8 Å². The first kappa shape index (κ1) is 23.0. The van der Waals surface area contributed by atoms with Gasteiger partial charge in [0, 0.05) is 12.8 Å². The van der Waals surface area contributed by atoms with Gasteiger partial charge >= 0.3 is 0 Å². The average molecular weight is 407 g/mol. The topological polar surface area (TPSA) is 82.9 Å². The van der Waals surface area contributed by atoms with Crippen molar-refractivity contribution in [3.05, 3.63) is 69.8 Å². The molecule has 0 spiro atoms. The third kappa shape index (κ3) is 7.99. The Morgan fingerprint density at radius 1 is 0.733 bits per heavy atom. The van der Waals surface area contributed by atoms with Crippen LogP contribution in [0.2, 0.25) is 0 Å². The van der Waals surface area contributed by atoms with Gasteiger partial charge in [-0.1, -0.05) is 47.5 Å². The molecule has 0 aromatic heterocycles. The number of hydrogen-bond acceptors (Lipinski definition) is 4. The van der Waals surface area contributed by atoms with Crippen LogP contribution in [0.25, 0.3) is 0 Å². The fourth-order valence-corrected chi connectivity index (χ4v) is 2.83. The first-order valence-electron chi connectivity index (χ1n) is 10.1. The molecule has 0 heterocycles. The molecular weight excluding hydrogens is 376 g/mol. The Kier molecular flexibility index (Phi) is 8.94. The lowest BCUT2D eigenvalue weighted by atomic mass is 10.1. The summed E-state index contributed by atoms with van der Waals surface area (Å²) in [7, 11) is 0. The molecule has 0 aliphatic carbocycles. The molecule has 0 aliphatic heterocycles. The number of carbonyl (C=O) groups is 2. The normalized spacial score (nSPS) is 11.2. The minimum atomic E-state index is -0.162. The third-order valence-corrected chi connectivity index (χ3v) is 4.71. The molecule has 0 aliphatic rings. The predicted octanol–water partition coefficient (Wildman–Crippen LogP) is 4.08. The lowest BCUT2D eigenvalue weighted by molar-refractivity contribution is -0.123. The summed E-state index contributed by atoms with van der Waals surface area (Å²) in [6.07, 6.45) is 5.17. The molecule has 158 valence electrons. The van der Waals surface area contributed by atoms with E-state index in [9.17, 15) is 9.59 Å². The van der Waals surface area contributed by atoms with Crippen LogP contribution < -0.4 is 10.9 Å². The van der Waals surface area contributed by atoms with Crippen molar-refractivity contribution in [1.29, 1.82) is 0 Å². The standard InChI is InChI=1S/C24H30N4O2/c1-17-9-11-19(3)21(13-17)15-25-27-23(29)7-5-6-8-24(30)28-26-16-22-14-18(2)10-12-20(22)4/h9-16H,5-8H2,1-4H3,(H,27,29)(H,28,30)/b25-15+,26-16+. The molecule has 2 aromatic carbocycles. The maximum atomic E-state index is 11.9. The van der Waals surface area contributed by atoms with Gasteiger partial charge in [-0.3, -0.25) is 9.59 Å². The number of amides is 2. The molecule has 0 saturated carbocycles. The number of carbonyl (C=O) groups excluding carboxylic acids is 2. The highest BCUT2D eigenvalue weighted by atomic mass is 16.2. The average Bonchev–Trinajstić information content (AvgIpc) is 2.70. The van der Waals surface area contributed by atoms with Crippen molar-refractivity contribution in [2.75, 3.05) is 0 Å². The van der Waals surface area contributed by atoms with E-state index in [1.54, 1.807) is 12.4 Å². The molecule has 2 amide bonds. The van der Waals surface area contributed by atoms with Crippen LogP contribution in [0.1, 0.15) is 59.1 Å². The number of hydrogen-bond donors (Lipinski definition) is 2. The van der Waals surface area contributed by atoms with Crippen LogP contribution in [0.5, 0.6) is 0 Å². The predicted molar refractivity (Wildman–Crippen MR) is 122 cm³/mol. The zero-order chi connectivity index (χ0) is 21.9. The molecule has 0 radical (unpaired) electrons. The van der Waals surface area contributed by atoms with Crippen LogP contribution in [0.15, 0.2) is 46.6 Å². The van der Waals surface area contributed by atoms with Crippen molar-refractivity contribution in [3.63, 3.8) is 0 Å². The second-order valence-electron chi connectivity index (χ2n) is 7.51. The Labute approximate surface area is 178 Å². The second kappa shape index (κ2) is 11.7. The summed E-state index contributed by atoms with van der Waals surface area (Å²) in [5.74, 6) is -0.324. The van der Waals surface area contributed by atoms with Crippen LogP contribution in [0.3, 0.4) is 0 Å². The number of nitrogens with one attached hydrogen (secondary N) is 2. The van der Waals surface area contributed by atoms with E-state index < -0.39 is 0 Å². The second-order valence-corrected chi connectivity index (χ2v) is 7.51. The molecule has 0 atom stereocenters. The van der Waals surface area contributed by atoms with Crippen LogP contribution in [-0.4, -0.2) is 24.2 Å². The summed E-state index contributed by atoms with van der Waals surface area (Å²) in [5, 5.41) is 8.03. The Morgan fingerprint density at radius 2 is 1.13 bits per heavy atom. The fraction of sp³-hybridized carbons (Fsp3) is 0.333. The number of rotatable bonds is 9. The molecule has 0 saturated heterocycles. The van der Waals surface area contributed by atoms with Gasteiger partial charge in [0.1, 0.15) is 0 Å². The summed E-state index contributed by atoms with van der Waals surface area (Å²) in [6.45, 7) is 8.03. The Morgan fingerprint density at radius 3 is 1.53 bits per heavy atom. The van der Waals surface area contributed by atoms with Crippen molar-refractivity contribution in [1.82, 2.24) is 10.9 Å². The SMILES string of the molecule is Cc1ccc(C)c(/C=N/NC(=O)CCCCC(=O)N/N=C/c2cc(C)ccc2C)c1. The lowest BCUT2D eigenvalue weighted by Crippen LogP contribution is -2.19. The Balaban J connectivity index is 1.64. The maximum absolute atomic E-state index is 11.9.